The monoisotopic (exact) mass is 953 g/mol. The Morgan fingerprint density at radius 3 is 1.10 bits per heavy atom. The summed E-state index contributed by atoms with van der Waals surface area (Å²) >= 11 is 0. The maximum atomic E-state index is 11.8. The van der Waals surface area contributed by atoms with Gasteiger partial charge in [0.2, 0.25) is 0 Å². The van der Waals surface area contributed by atoms with Crippen molar-refractivity contribution < 1.29 is 40.9 Å². The van der Waals surface area contributed by atoms with Crippen LogP contribution in [0.25, 0.3) is 0 Å². The summed E-state index contributed by atoms with van der Waals surface area (Å²) < 4.78 is 0. The van der Waals surface area contributed by atoms with Gasteiger partial charge in [0.1, 0.15) is 0 Å². The highest BCUT2D eigenvalue weighted by Gasteiger charge is 2.75. The van der Waals surface area contributed by atoms with E-state index < -0.39 is 47.8 Å². The minimum atomic E-state index is -0.810. The lowest BCUT2D eigenvalue weighted by molar-refractivity contribution is -0.274. The molecule has 8 fully saturated rings. The predicted molar refractivity (Wildman–Crippen MR) is 274 cm³/mol. The van der Waals surface area contributed by atoms with Gasteiger partial charge in [-0.15, -0.1) is 0 Å². The van der Waals surface area contributed by atoms with Crippen LogP contribution in [0, 0.1) is 90.7 Å². The molecule has 0 radical (unpaired) electrons. The molecule has 8 aliphatic rings. The normalized spacial score (nSPS) is 51.6. The van der Waals surface area contributed by atoms with Crippen molar-refractivity contribution in [2.75, 3.05) is 0 Å². The third-order valence-electron chi connectivity index (χ3n) is 24.5. The average molecular weight is 953 g/mol. The molecule has 22 atom stereocenters. The highest BCUT2D eigenvalue weighted by Crippen LogP contribution is 2.78. The molecule has 0 aromatic rings. The van der Waals surface area contributed by atoms with Crippen LogP contribution in [0.4, 0.5) is 0 Å². The molecule has 8 aliphatic carbocycles. The van der Waals surface area contributed by atoms with Gasteiger partial charge in [0, 0.05) is 0 Å². The third kappa shape index (κ3) is 8.17. The molecule has 8 nitrogen and oxygen atoms in total. The standard InChI is InChI=1S/2C30H52O4/c2*1-18(2)10-9-13-30(8,34)19-11-15-28(6)24(19)20(31)16-22-27(5)14-12-23(33)26(3,4)25(27)21(32)17-29(22,28)7/h2*10,19-25,31-34H,9,11-17H2,1-8H3/t2*19-,20+,21-,22+,23-,24-,25-,27+,28+,29+,30-/m00/s1. The Kier molecular flexibility index (Phi) is 14.5. The van der Waals surface area contributed by atoms with Crippen molar-refractivity contribution in [1.29, 1.82) is 0 Å². The molecule has 0 aromatic carbocycles. The summed E-state index contributed by atoms with van der Waals surface area (Å²) in [6.07, 6.45) is 15.1. The molecule has 0 heterocycles. The molecule has 8 heteroatoms. The molecule has 0 spiro atoms. The maximum absolute atomic E-state index is 11.8. The summed E-state index contributed by atoms with van der Waals surface area (Å²) in [4.78, 5) is 0. The summed E-state index contributed by atoms with van der Waals surface area (Å²) in [7, 11) is 0. The highest BCUT2D eigenvalue weighted by atomic mass is 16.3. The maximum Gasteiger partial charge on any atom is 0.0654 e. The average Bonchev–Trinajstić information content (AvgIpc) is 3.78. The summed E-state index contributed by atoms with van der Waals surface area (Å²) in [5, 5.41) is 91.9. The zero-order valence-electron chi connectivity index (χ0n) is 46.1. The van der Waals surface area contributed by atoms with Gasteiger partial charge in [-0.25, -0.2) is 0 Å². The second kappa shape index (κ2) is 17.9. The fraction of sp³-hybridized carbons (Fsp3) is 0.933. The Hall–Kier alpha value is -0.840. The van der Waals surface area contributed by atoms with Gasteiger partial charge in [-0.2, -0.15) is 0 Å². The lowest BCUT2D eigenvalue weighted by atomic mass is 9.34. The Labute approximate surface area is 414 Å². The predicted octanol–water partition coefficient (Wildman–Crippen LogP) is 10.9. The van der Waals surface area contributed by atoms with Crippen LogP contribution in [0.15, 0.2) is 23.3 Å². The minimum absolute atomic E-state index is 0.0264. The molecule has 0 unspecified atom stereocenters. The fourth-order valence-electron chi connectivity index (χ4n) is 20.9. The summed E-state index contributed by atoms with van der Waals surface area (Å²) in [5.74, 6) is 0.884. The Balaban J connectivity index is 0.000000201. The zero-order valence-corrected chi connectivity index (χ0v) is 46.1. The highest BCUT2D eigenvalue weighted by molar-refractivity contribution is 5.24. The van der Waals surface area contributed by atoms with E-state index in [-0.39, 0.29) is 78.8 Å². The lowest BCUT2D eigenvalue weighted by Crippen LogP contribution is -2.69. The van der Waals surface area contributed by atoms with Crippen LogP contribution in [0.5, 0.6) is 0 Å². The van der Waals surface area contributed by atoms with E-state index >= 15 is 0 Å². The first-order valence-corrected chi connectivity index (χ1v) is 27.8. The largest absolute Gasteiger partial charge is 0.393 e. The van der Waals surface area contributed by atoms with Gasteiger partial charge in [-0.1, -0.05) is 92.5 Å². The smallest absolute Gasteiger partial charge is 0.0654 e. The summed E-state index contributed by atoms with van der Waals surface area (Å²) in [6, 6.07) is 0. The Bertz CT molecular complexity index is 1760. The van der Waals surface area contributed by atoms with Crippen LogP contribution in [-0.2, 0) is 0 Å². The molecule has 392 valence electrons. The summed E-state index contributed by atoms with van der Waals surface area (Å²) in [5.41, 5.74) is -0.459. The topological polar surface area (TPSA) is 162 Å². The van der Waals surface area contributed by atoms with Crippen molar-refractivity contribution in [3.05, 3.63) is 23.3 Å². The van der Waals surface area contributed by atoms with Crippen LogP contribution in [0.2, 0.25) is 0 Å². The summed E-state index contributed by atoms with van der Waals surface area (Å²) in [6.45, 7) is 35.1. The van der Waals surface area contributed by atoms with Crippen molar-refractivity contribution in [2.45, 2.75) is 261 Å². The van der Waals surface area contributed by atoms with Gasteiger partial charge in [0.05, 0.1) is 47.8 Å². The Morgan fingerprint density at radius 2 is 0.794 bits per heavy atom. The number of rotatable bonds is 8. The quantitative estimate of drug-likeness (QED) is 0.112. The molecular weight excluding hydrogens is 849 g/mol. The van der Waals surface area contributed by atoms with E-state index in [2.05, 4.69) is 109 Å². The molecule has 8 saturated carbocycles. The number of aliphatic hydroxyl groups is 8. The van der Waals surface area contributed by atoms with E-state index in [9.17, 15) is 40.9 Å². The first-order chi connectivity index (χ1) is 31.0. The van der Waals surface area contributed by atoms with Crippen LogP contribution >= 0.6 is 0 Å². The van der Waals surface area contributed by atoms with E-state index in [1.807, 2.05) is 13.8 Å². The van der Waals surface area contributed by atoms with E-state index in [0.29, 0.717) is 11.8 Å². The number of aliphatic hydroxyl groups excluding tert-OH is 6. The van der Waals surface area contributed by atoms with Crippen LogP contribution in [0.1, 0.15) is 214 Å². The van der Waals surface area contributed by atoms with E-state index in [1.54, 1.807) is 0 Å². The van der Waals surface area contributed by atoms with Crippen molar-refractivity contribution in [2.24, 2.45) is 90.7 Å². The molecule has 0 aliphatic heterocycles. The van der Waals surface area contributed by atoms with Gasteiger partial charge in [0.25, 0.3) is 0 Å². The fourth-order valence-corrected chi connectivity index (χ4v) is 20.9. The van der Waals surface area contributed by atoms with E-state index in [1.165, 1.54) is 11.1 Å². The van der Waals surface area contributed by atoms with Crippen molar-refractivity contribution >= 4 is 0 Å². The van der Waals surface area contributed by atoms with Gasteiger partial charge in [-0.05, 0) is 235 Å². The minimum Gasteiger partial charge on any atom is -0.393 e. The molecule has 8 rings (SSSR count). The molecule has 0 amide bonds. The molecule has 0 saturated heterocycles. The van der Waals surface area contributed by atoms with Crippen molar-refractivity contribution in [3.63, 3.8) is 0 Å². The Morgan fingerprint density at radius 1 is 0.471 bits per heavy atom. The van der Waals surface area contributed by atoms with Gasteiger partial charge < -0.3 is 40.9 Å². The van der Waals surface area contributed by atoms with Crippen molar-refractivity contribution in [1.82, 2.24) is 0 Å². The van der Waals surface area contributed by atoms with Gasteiger partial charge in [-0.3, -0.25) is 0 Å². The second-order valence-electron chi connectivity index (χ2n) is 29.3. The number of allylic oxidation sites excluding steroid dienone is 4. The number of hydrogen-bond acceptors (Lipinski definition) is 8. The zero-order chi connectivity index (χ0) is 51.0. The molecular formula is C60H104O8. The molecule has 0 bridgehead atoms. The third-order valence-corrected chi connectivity index (χ3v) is 24.5. The number of fused-ring (bicyclic) bond motifs is 10. The van der Waals surface area contributed by atoms with Gasteiger partial charge in [0.15, 0.2) is 0 Å². The van der Waals surface area contributed by atoms with Gasteiger partial charge >= 0.3 is 0 Å². The molecule has 68 heavy (non-hydrogen) atoms. The SMILES string of the molecule is CC(C)=CCC[C@](C)(O)[C@H]1CC[C@]2(C)[C@@H]1[C@H](O)C[C@@H]1[C@@]3(C)CC[C@H](O)C(C)(C)[C@@H]3[C@@H](O)C[C@]12C.CC(C)=CCC[C@](C)(O)[C@H]1CC[C@]2(C)[C@@H]1[C@H](O)C[C@@H]1[C@@]3(C)CC[C@H](O)C(C)(C)[C@@H]3[C@@H](O)C[C@]12C. The van der Waals surface area contributed by atoms with E-state index in [4.69, 9.17) is 0 Å². The lowest BCUT2D eigenvalue weighted by Gasteiger charge is -2.71. The van der Waals surface area contributed by atoms with Crippen molar-refractivity contribution in [3.8, 4) is 0 Å². The first kappa shape index (κ1) is 54.9. The van der Waals surface area contributed by atoms with Crippen LogP contribution in [0.3, 0.4) is 0 Å². The number of hydrogen-bond donors (Lipinski definition) is 8. The molecule has 0 aromatic heterocycles. The second-order valence-corrected chi connectivity index (χ2v) is 29.3. The first-order valence-electron chi connectivity index (χ1n) is 27.8. The van der Waals surface area contributed by atoms with Crippen LogP contribution in [-0.4, -0.2) is 88.7 Å². The molecule has 8 N–H and O–H groups in total. The van der Waals surface area contributed by atoms with E-state index in [0.717, 1.165) is 103 Å². The van der Waals surface area contributed by atoms with Crippen LogP contribution < -0.4 is 0 Å².